The van der Waals surface area contributed by atoms with Crippen LogP contribution in [0.15, 0.2) is 45.6 Å². The summed E-state index contributed by atoms with van der Waals surface area (Å²) < 4.78 is 11.3. The van der Waals surface area contributed by atoms with Gasteiger partial charge in [0.1, 0.15) is 11.3 Å². The molecule has 3 atom stereocenters. The molecule has 2 aromatic rings. The fourth-order valence-corrected chi connectivity index (χ4v) is 4.56. The minimum atomic E-state index is -0.571. The molecule has 6 heteroatoms. The fourth-order valence-electron chi connectivity index (χ4n) is 4.56. The number of aryl methyl sites for hydroxylation is 3. The molecule has 1 N–H and O–H groups in total. The number of carbonyl (C=O) groups is 1. The SMILES string of the molecule is Cc1cc(CCc2ccccc2)oc(=O)c1C(=O)N1CCO[C@H]2C[C@H](CO)C[C@@H]21. The summed E-state index contributed by atoms with van der Waals surface area (Å²) in [5.41, 5.74) is 1.36. The quantitative estimate of drug-likeness (QED) is 0.838. The number of ether oxygens (including phenoxy) is 1. The molecule has 1 aromatic heterocycles. The van der Waals surface area contributed by atoms with Crippen molar-refractivity contribution in [3.05, 3.63) is 69.3 Å². The third-order valence-corrected chi connectivity index (χ3v) is 6.07. The summed E-state index contributed by atoms with van der Waals surface area (Å²) in [6.45, 7) is 2.78. The maximum absolute atomic E-state index is 13.2. The molecule has 0 radical (unpaired) electrons. The van der Waals surface area contributed by atoms with Gasteiger partial charge in [-0.2, -0.15) is 0 Å². The molecule has 1 aromatic carbocycles. The van der Waals surface area contributed by atoms with Crippen molar-refractivity contribution < 1.29 is 19.1 Å². The first kappa shape index (κ1) is 19.9. The van der Waals surface area contributed by atoms with E-state index < -0.39 is 5.63 Å². The maximum Gasteiger partial charge on any atom is 0.349 e. The van der Waals surface area contributed by atoms with Crippen molar-refractivity contribution in [1.82, 2.24) is 4.90 Å². The van der Waals surface area contributed by atoms with E-state index in [-0.39, 0.29) is 36.1 Å². The number of benzene rings is 1. The Morgan fingerprint density at radius 2 is 2.00 bits per heavy atom. The number of aliphatic hydroxyl groups is 1. The first-order chi connectivity index (χ1) is 14.1. The van der Waals surface area contributed by atoms with Gasteiger partial charge in [-0.3, -0.25) is 4.79 Å². The predicted octanol–water partition coefficient (Wildman–Crippen LogP) is 2.35. The standard InChI is InChI=1S/C23H27NO5/c1-15-11-18(8-7-16-5-3-2-4-6-16)29-23(27)21(15)22(26)24-9-10-28-20-13-17(14-25)12-19(20)24/h2-6,11,17,19-20,25H,7-10,12-14H2,1H3/t17-,19+,20+/m1/s1. The molecule has 0 unspecified atom stereocenters. The van der Waals surface area contributed by atoms with E-state index in [0.717, 1.165) is 12.8 Å². The molecular weight excluding hydrogens is 370 g/mol. The third kappa shape index (κ3) is 4.14. The topological polar surface area (TPSA) is 80.0 Å². The Hall–Kier alpha value is -2.44. The van der Waals surface area contributed by atoms with E-state index in [1.165, 1.54) is 5.56 Å². The van der Waals surface area contributed by atoms with Gasteiger partial charge in [0.25, 0.3) is 5.91 Å². The summed E-state index contributed by atoms with van der Waals surface area (Å²) in [6, 6.07) is 11.7. The zero-order valence-corrected chi connectivity index (χ0v) is 16.7. The predicted molar refractivity (Wildman–Crippen MR) is 108 cm³/mol. The number of hydrogen-bond acceptors (Lipinski definition) is 5. The molecular formula is C23H27NO5. The van der Waals surface area contributed by atoms with Crippen molar-refractivity contribution in [2.24, 2.45) is 5.92 Å². The van der Waals surface area contributed by atoms with E-state index in [2.05, 4.69) is 0 Å². The molecule has 1 saturated carbocycles. The van der Waals surface area contributed by atoms with Crippen molar-refractivity contribution in [3.63, 3.8) is 0 Å². The van der Waals surface area contributed by atoms with Gasteiger partial charge in [-0.1, -0.05) is 30.3 Å². The second kappa shape index (κ2) is 8.51. The van der Waals surface area contributed by atoms with Crippen LogP contribution in [0.5, 0.6) is 0 Å². The van der Waals surface area contributed by atoms with Crippen LogP contribution < -0.4 is 5.63 Å². The Bertz CT molecular complexity index is 923. The van der Waals surface area contributed by atoms with Crippen molar-refractivity contribution >= 4 is 5.91 Å². The van der Waals surface area contributed by atoms with Crippen LogP contribution >= 0.6 is 0 Å². The van der Waals surface area contributed by atoms with Crippen molar-refractivity contribution in [2.75, 3.05) is 19.8 Å². The number of fused-ring (bicyclic) bond motifs is 1. The smallest absolute Gasteiger partial charge is 0.349 e. The maximum atomic E-state index is 13.2. The normalized spacial score (nSPS) is 23.8. The molecule has 29 heavy (non-hydrogen) atoms. The monoisotopic (exact) mass is 397 g/mol. The summed E-state index contributed by atoms with van der Waals surface area (Å²) >= 11 is 0. The first-order valence-electron chi connectivity index (χ1n) is 10.3. The molecule has 1 aliphatic carbocycles. The molecule has 154 valence electrons. The van der Waals surface area contributed by atoms with Crippen LogP contribution in [-0.4, -0.2) is 47.8 Å². The number of amides is 1. The third-order valence-electron chi connectivity index (χ3n) is 6.07. The largest absolute Gasteiger partial charge is 0.427 e. The van der Waals surface area contributed by atoms with Gasteiger partial charge in [-0.15, -0.1) is 0 Å². The van der Waals surface area contributed by atoms with Crippen molar-refractivity contribution in [2.45, 2.75) is 44.8 Å². The lowest BCUT2D eigenvalue weighted by Gasteiger charge is -2.37. The lowest BCUT2D eigenvalue weighted by Crippen LogP contribution is -2.52. The lowest BCUT2D eigenvalue weighted by atomic mass is 10.0. The van der Waals surface area contributed by atoms with Crippen LogP contribution in [0.4, 0.5) is 0 Å². The number of rotatable bonds is 5. The number of aliphatic hydroxyl groups excluding tert-OH is 1. The van der Waals surface area contributed by atoms with Crippen LogP contribution in [0.1, 0.15) is 40.1 Å². The molecule has 0 bridgehead atoms. The molecule has 0 spiro atoms. The summed E-state index contributed by atoms with van der Waals surface area (Å²) in [4.78, 5) is 27.6. The summed E-state index contributed by atoms with van der Waals surface area (Å²) in [7, 11) is 0. The van der Waals surface area contributed by atoms with Crippen LogP contribution in [0.25, 0.3) is 0 Å². The van der Waals surface area contributed by atoms with Crippen LogP contribution in [-0.2, 0) is 17.6 Å². The zero-order chi connectivity index (χ0) is 20.4. The molecule has 2 heterocycles. The summed E-state index contributed by atoms with van der Waals surface area (Å²) in [5.74, 6) is 0.438. The number of nitrogens with zero attached hydrogens (tertiary/aromatic N) is 1. The first-order valence-corrected chi connectivity index (χ1v) is 10.3. The Balaban J connectivity index is 1.52. The summed E-state index contributed by atoms with van der Waals surface area (Å²) in [5, 5.41) is 9.48. The van der Waals surface area contributed by atoms with E-state index in [4.69, 9.17) is 9.15 Å². The second-order valence-electron chi connectivity index (χ2n) is 8.04. The van der Waals surface area contributed by atoms with Crippen LogP contribution in [0, 0.1) is 12.8 Å². The highest BCUT2D eigenvalue weighted by atomic mass is 16.5. The Labute approximate surface area is 170 Å². The van der Waals surface area contributed by atoms with E-state index in [9.17, 15) is 14.7 Å². The van der Waals surface area contributed by atoms with E-state index in [0.29, 0.717) is 37.3 Å². The van der Waals surface area contributed by atoms with Gasteiger partial charge in [0.15, 0.2) is 0 Å². The highest BCUT2D eigenvalue weighted by molar-refractivity contribution is 5.95. The molecule has 1 saturated heterocycles. The Morgan fingerprint density at radius 1 is 1.21 bits per heavy atom. The number of carbonyl (C=O) groups excluding carboxylic acids is 1. The van der Waals surface area contributed by atoms with Gasteiger partial charge in [-0.05, 0) is 49.3 Å². The van der Waals surface area contributed by atoms with Gasteiger partial charge in [0, 0.05) is 19.6 Å². The van der Waals surface area contributed by atoms with E-state index >= 15 is 0 Å². The average molecular weight is 397 g/mol. The van der Waals surface area contributed by atoms with Crippen LogP contribution in [0.3, 0.4) is 0 Å². The lowest BCUT2D eigenvalue weighted by molar-refractivity contribution is -0.0450. The van der Waals surface area contributed by atoms with E-state index in [1.807, 2.05) is 30.3 Å². The van der Waals surface area contributed by atoms with Gasteiger partial charge < -0.3 is 19.2 Å². The highest BCUT2D eigenvalue weighted by Crippen LogP contribution is 2.34. The van der Waals surface area contributed by atoms with Crippen LogP contribution in [0.2, 0.25) is 0 Å². The van der Waals surface area contributed by atoms with Crippen molar-refractivity contribution in [1.29, 1.82) is 0 Å². The fraction of sp³-hybridized carbons (Fsp3) is 0.478. The number of hydrogen-bond donors (Lipinski definition) is 1. The minimum Gasteiger partial charge on any atom is -0.427 e. The second-order valence-corrected chi connectivity index (χ2v) is 8.04. The van der Waals surface area contributed by atoms with Gasteiger partial charge >= 0.3 is 5.63 Å². The zero-order valence-electron chi connectivity index (χ0n) is 16.7. The molecule has 1 amide bonds. The summed E-state index contributed by atoms with van der Waals surface area (Å²) in [6.07, 6.45) is 2.76. The van der Waals surface area contributed by atoms with Crippen molar-refractivity contribution in [3.8, 4) is 0 Å². The highest BCUT2D eigenvalue weighted by Gasteiger charge is 2.43. The van der Waals surface area contributed by atoms with Gasteiger partial charge in [0.2, 0.25) is 0 Å². The van der Waals surface area contributed by atoms with E-state index in [1.54, 1.807) is 17.9 Å². The van der Waals surface area contributed by atoms with Gasteiger partial charge in [-0.25, -0.2) is 4.79 Å². The Morgan fingerprint density at radius 3 is 2.72 bits per heavy atom. The average Bonchev–Trinajstić information content (AvgIpc) is 3.16. The van der Waals surface area contributed by atoms with Gasteiger partial charge in [0.05, 0.1) is 18.8 Å². The molecule has 4 rings (SSSR count). The molecule has 2 aliphatic rings. The Kier molecular flexibility index (Phi) is 5.83. The molecule has 6 nitrogen and oxygen atoms in total. The molecule has 2 fully saturated rings. The molecule has 1 aliphatic heterocycles. The number of morpholine rings is 1. The minimum absolute atomic E-state index is 0.0673.